The first-order valence-corrected chi connectivity index (χ1v) is 9.52. The minimum Gasteiger partial charge on any atom is -0.143 e. The first-order chi connectivity index (χ1) is 11.4. The van der Waals surface area contributed by atoms with Crippen molar-refractivity contribution in [3.05, 3.63) is 71.1 Å². The van der Waals surface area contributed by atoms with Crippen LogP contribution in [0.1, 0.15) is 11.1 Å². The Morgan fingerprint density at radius 2 is 1.61 bits per heavy atom. The van der Waals surface area contributed by atoms with Gasteiger partial charge >= 0.3 is 0 Å². The van der Waals surface area contributed by atoms with E-state index in [1.165, 1.54) is 52.5 Å². The quantitative estimate of drug-likeness (QED) is 0.286. The maximum Gasteiger partial charge on any atom is 0.0358 e. The van der Waals surface area contributed by atoms with Gasteiger partial charge in [-0.15, -0.1) is 22.7 Å². The molecule has 0 nitrogen and oxygen atoms in total. The molecule has 0 radical (unpaired) electrons. The third-order valence-corrected chi connectivity index (χ3v) is 7.08. The number of benzene rings is 3. The maximum atomic E-state index is 2.43. The van der Waals surface area contributed by atoms with E-state index in [0.29, 0.717) is 0 Å². The van der Waals surface area contributed by atoms with Crippen molar-refractivity contribution in [3.8, 4) is 11.1 Å². The highest BCUT2D eigenvalue weighted by Crippen LogP contribution is 2.45. The van der Waals surface area contributed by atoms with Crippen molar-refractivity contribution in [1.29, 1.82) is 0 Å². The summed E-state index contributed by atoms with van der Waals surface area (Å²) in [5, 5.41) is 6.61. The number of fused-ring (bicyclic) bond motifs is 5. The molecule has 3 aromatic carbocycles. The number of hydrogen-bond donors (Lipinski definition) is 0. The molecule has 1 aliphatic carbocycles. The minimum absolute atomic E-state index is 1.07. The first-order valence-electron chi connectivity index (χ1n) is 7.82. The van der Waals surface area contributed by atoms with Gasteiger partial charge in [-0.2, -0.15) is 0 Å². The summed E-state index contributed by atoms with van der Waals surface area (Å²) in [5.74, 6) is 0. The summed E-state index contributed by atoms with van der Waals surface area (Å²) in [6, 6.07) is 20.3. The Kier molecular flexibility index (Phi) is 2.26. The summed E-state index contributed by atoms with van der Waals surface area (Å²) in [5.41, 5.74) is 5.81. The first kappa shape index (κ1) is 12.3. The van der Waals surface area contributed by atoms with Crippen LogP contribution in [0.25, 0.3) is 41.4 Å². The Hall–Kier alpha value is -2.16. The van der Waals surface area contributed by atoms with E-state index in [1.54, 1.807) is 0 Å². The zero-order valence-corrected chi connectivity index (χ0v) is 13.9. The van der Waals surface area contributed by atoms with E-state index in [-0.39, 0.29) is 0 Å². The molecule has 0 saturated carbocycles. The van der Waals surface area contributed by atoms with E-state index < -0.39 is 0 Å². The zero-order chi connectivity index (χ0) is 15.0. The molecule has 0 saturated heterocycles. The highest BCUT2D eigenvalue weighted by Gasteiger charge is 2.20. The second-order valence-corrected chi connectivity index (χ2v) is 8.22. The van der Waals surface area contributed by atoms with E-state index in [4.69, 9.17) is 0 Å². The fraction of sp³-hybridized carbons (Fsp3) is 0.0476. The maximum absolute atomic E-state index is 2.43. The van der Waals surface area contributed by atoms with Crippen molar-refractivity contribution < 1.29 is 0 Å². The van der Waals surface area contributed by atoms with Gasteiger partial charge in [-0.3, -0.25) is 0 Å². The smallest absolute Gasteiger partial charge is 0.0358 e. The van der Waals surface area contributed by atoms with E-state index in [2.05, 4.69) is 60.0 Å². The molecule has 0 aliphatic heterocycles. The van der Waals surface area contributed by atoms with Crippen LogP contribution in [0.2, 0.25) is 0 Å². The highest BCUT2D eigenvalue weighted by atomic mass is 32.1. The van der Waals surface area contributed by atoms with Crippen LogP contribution in [-0.4, -0.2) is 0 Å². The largest absolute Gasteiger partial charge is 0.143 e. The fourth-order valence-corrected chi connectivity index (χ4v) is 6.06. The van der Waals surface area contributed by atoms with Crippen molar-refractivity contribution >= 4 is 52.9 Å². The van der Waals surface area contributed by atoms with Gasteiger partial charge in [0.25, 0.3) is 0 Å². The Morgan fingerprint density at radius 3 is 2.61 bits per heavy atom. The lowest BCUT2D eigenvalue weighted by Gasteiger charge is -2.17. The van der Waals surface area contributed by atoms with Gasteiger partial charge in [0.1, 0.15) is 0 Å². The van der Waals surface area contributed by atoms with Gasteiger partial charge in [0.05, 0.1) is 0 Å². The molecule has 23 heavy (non-hydrogen) atoms. The number of hydrogen-bond acceptors (Lipinski definition) is 2. The summed E-state index contributed by atoms with van der Waals surface area (Å²) < 4.78 is 4.21. The Morgan fingerprint density at radius 1 is 0.696 bits per heavy atom. The topological polar surface area (TPSA) is 0 Å². The van der Waals surface area contributed by atoms with Gasteiger partial charge in [-0.1, -0.05) is 30.3 Å². The monoisotopic (exact) mass is 328 g/mol. The van der Waals surface area contributed by atoms with Crippen LogP contribution in [-0.2, 0) is 6.42 Å². The van der Waals surface area contributed by atoms with E-state index >= 15 is 0 Å². The van der Waals surface area contributed by atoms with Crippen LogP contribution in [0.15, 0.2) is 60.0 Å². The third-order valence-electron chi connectivity index (χ3n) is 4.95. The molecule has 0 bridgehead atoms. The third kappa shape index (κ3) is 1.55. The SMILES string of the molecule is c1cc2c3c(csc3c1)Cc1cc3sc4ccccc4c3cc1-2. The van der Waals surface area contributed by atoms with Gasteiger partial charge < -0.3 is 0 Å². The standard InChI is InChI=1S/C21H12S2/c1-2-6-18-14(4-1)17-10-16-12(9-20(17)23-18)8-13-11-22-19-7-3-5-15(16)21(13)19/h1-7,9-11H,8H2. The van der Waals surface area contributed by atoms with Crippen LogP contribution in [0.5, 0.6) is 0 Å². The summed E-state index contributed by atoms with van der Waals surface area (Å²) in [7, 11) is 0. The molecule has 108 valence electrons. The Bertz CT molecular complexity index is 1240. The van der Waals surface area contributed by atoms with Crippen molar-refractivity contribution in [2.24, 2.45) is 0 Å². The summed E-state index contributed by atoms with van der Waals surface area (Å²) in [6.45, 7) is 0. The van der Waals surface area contributed by atoms with Gasteiger partial charge in [0, 0.05) is 30.3 Å². The van der Waals surface area contributed by atoms with Gasteiger partial charge in [0.15, 0.2) is 0 Å². The predicted octanol–water partition coefficient (Wildman–Crippen LogP) is 6.84. The molecular formula is C21H12S2. The second-order valence-electron chi connectivity index (χ2n) is 6.22. The van der Waals surface area contributed by atoms with E-state index in [0.717, 1.165) is 6.42 Å². The average Bonchev–Trinajstić information content (AvgIpc) is 3.15. The van der Waals surface area contributed by atoms with Gasteiger partial charge in [-0.25, -0.2) is 0 Å². The minimum atomic E-state index is 1.07. The van der Waals surface area contributed by atoms with Crippen molar-refractivity contribution in [2.75, 3.05) is 0 Å². The lowest BCUT2D eigenvalue weighted by atomic mass is 9.86. The van der Waals surface area contributed by atoms with Crippen molar-refractivity contribution in [3.63, 3.8) is 0 Å². The molecule has 0 amide bonds. The molecule has 5 aromatic rings. The highest BCUT2D eigenvalue weighted by molar-refractivity contribution is 7.25. The molecule has 0 fully saturated rings. The molecule has 0 atom stereocenters. The van der Waals surface area contributed by atoms with E-state index in [9.17, 15) is 0 Å². The molecule has 0 N–H and O–H groups in total. The van der Waals surface area contributed by atoms with Crippen molar-refractivity contribution in [1.82, 2.24) is 0 Å². The average molecular weight is 328 g/mol. The lowest BCUT2D eigenvalue weighted by Crippen LogP contribution is -1.98. The van der Waals surface area contributed by atoms with E-state index in [1.807, 2.05) is 22.7 Å². The van der Waals surface area contributed by atoms with Crippen LogP contribution < -0.4 is 0 Å². The molecule has 1 aliphatic rings. The van der Waals surface area contributed by atoms with Crippen molar-refractivity contribution in [2.45, 2.75) is 6.42 Å². The van der Waals surface area contributed by atoms with Crippen LogP contribution in [0.3, 0.4) is 0 Å². The van der Waals surface area contributed by atoms with Gasteiger partial charge in [-0.05, 0) is 58.3 Å². The van der Waals surface area contributed by atoms with Gasteiger partial charge in [0.2, 0.25) is 0 Å². The number of rotatable bonds is 0. The second kappa shape index (κ2) is 4.22. The lowest BCUT2D eigenvalue weighted by molar-refractivity contribution is 1.22. The molecular weight excluding hydrogens is 316 g/mol. The molecule has 2 heterocycles. The number of thiophene rings is 2. The van der Waals surface area contributed by atoms with Crippen LogP contribution in [0, 0.1) is 0 Å². The molecule has 0 unspecified atom stereocenters. The van der Waals surface area contributed by atoms with Crippen LogP contribution in [0.4, 0.5) is 0 Å². The fourth-order valence-electron chi connectivity index (χ4n) is 3.92. The summed E-state index contributed by atoms with van der Waals surface area (Å²) in [4.78, 5) is 0. The normalized spacial score (nSPS) is 13.0. The summed E-state index contributed by atoms with van der Waals surface area (Å²) >= 11 is 3.79. The Labute approximate surface area is 141 Å². The summed E-state index contributed by atoms with van der Waals surface area (Å²) in [6.07, 6.45) is 1.07. The van der Waals surface area contributed by atoms with Crippen LogP contribution >= 0.6 is 22.7 Å². The molecule has 2 aromatic heterocycles. The molecule has 6 rings (SSSR count). The Balaban J connectivity index is 1.79. The zero-order valence-electron chi connectivity index (χ0n) is 12.3. The molecule has 0 spiro atoms. The predicted molar refractivity (Wildman–Crippen MR) is 103 cm³/mol. The molecule has 2 heteroatoms.